The molecule has 0 aliphatic carbocycles. The third-order valence-corrected chi connectivity index (χ3v) is 2.95. The van der Waals surface area contributed by atoms with Crippen molar-refractivity contribution in [2.45, 2.75) is 31.6 Å². The first-order valence-corrected chi connectivity index (χ1v) is 5.16. The molecule has 0 N–H and O–H groups in total. The van der Waals surface area contributed by atoms with Crippen molar-refractivity contribution in [2.75, 3.05) is 19.8 Å². The number of carbonyl (C=O) groups excluding carboxylic acids is 2. The second-order valence-electron chi connectivity index (χ2n) is 4.07. The number of amides is 1. The van der Waals surface area contributed by atoms with Crippen LogP contribution < -0.4 is 0 Å². The zero-order valence-corrected chi connectivity index (χ0v) is 8.77. The number of carbonyl (C=O) groups is 2. The van der Waals surface area contributed by atoms with E-state index in [2.05, 4.69) is 0 Å². The summed E-state index contributed by atoms with van der Waals surface area (Å²) in [6, 6.07) is -0.388. The Bertz CT molecular complexity index is 273. The van der Waals surface area contributed by atoms with Gasteiger partial charge in [-0.15, -0.1) is 0 Å². The number of rotatable bonds is 2. The number of ketones is 1. The molecule has 84 valence electrons. The highest BCUT2D eigenvalue weighted by molar-refractivity contribution is 5.84. The second-order valence-corrected chi connectivity index (χ2v) is 4.07. The van der Waals surface area contributed by atoms with Gasteiger partial charge in [0.15, 0.2) is 11.6 Å². The van der Waals surface area contributed by atoms with E-state index in [1.165, 1.54) is 11.8 Å². The lowest BCUT2D eigenvalue weighted by Gasteiger charge is -2.33. The van der Waals surface area contributed by atoms with E-state index in [0.717, 1.165) is 6.42 Å². The van der Waals surface area contributed by atoms with Crippen LogP contribution in [0.5, 0.6) is 0 Å². The average Bonchev–Trinajstić information content (AvgIpc) is 2.58. The van der Waals surface area contributed by atoms with Gasteiger partial charge < -0.3 is 14.4 Å². The second kappa shape index (κ2) is 3.90. The molecule has 2 heterocycles. The van der Waals surface area contributed by atoms with Crippen LogP contribution in [0, 0.1) is 0 Å². The minimum atomic E-state index is -0.727. The summed E-state index contributed by atoms with van der Waals surface area (Å²) in [7, 11) is 0. The highest BCUT2D eigenvalue weighted by Gasteiger charge is 2.48. The number of nitrogens with zero attached hydrogens (tertiary/aromatic N) is 1. The highest BCUT2D eigenvalue weighted by atomic mass is 16.7. The lowest BCUT2D eigenvalue weighted by atomic mass is 10.1. The van der Waals surface area contributed by atoms with Crippen molar-refractivity contribution in [1.82, 2.24) is 4.90 Å². The fraction of sp³-hybridized carbons (Fsp3) is 0.800. The summed E-state index contributed by atoms with van der Waals surface area (Å²) < 4.78 is 11.1. The van der Waals surface area contributed by atoms with Crippen LogP contribution in [0.1, 0.15) is 19.8 Å². The number of likely N-dealkylation sites (tertiary alicyclic amines) is 1. The quantitative estimate of drug-likeness (QED) is 0.603. The summed E-state index contributed by atoms with van der Waals surface area (Å²) >= 11 is 0. The molecular formula is C10H15NO4. The fourth-order valence-electron chi connectivity index (χ4n) is 2.18. The molecule has 1 amide bonds. The van der Waals surface area contributed by atoms with Gasteiger partial charge in [0.1, 0.15) is 0 Å². The monoisotopic (exact) mass is 213 g/mol. The van der Waals surface area contributed by atoms with Crippen LogP contribution in [0.25, 0.3) is 0 Å². The lowest BCUT2D eigenvalue weighted by Crippen LogP contribution is -2.42. The number of ether oxygens (including phenoxy) is 2. The average molecular weight is 213 g/mol. The molecule has 2 aliphatic heterocycles. The van der Waals surface area contributed by atoms with E-state index in [1.54, 1.807) is 0 Å². The third-order valence-electron chi connectivity index (χ3n) is 2.95. The van der Waals surface area contributed by atoms with Crippen LogP contribution in [0.4, 0.5) is 0 Å². The van der Waals surface area contributed by atoms with Gasteiger partial charge in [-0.1, -0.05) is 0 Å². The molecule has 15 heavy (non-hydrogen) atoms. The number of Topliss-reactive ketones (excluding diaryl/α,β-unsaturated/α-hetero) is 1. The van der Waals surface area contributed by atoms with Gasteiger partial charge in [-0.3, -0.25) is 9.59 Å². The molecule has 2 aliphatic rings. The minimum Gasteiger partial charge on any atom is -0.348 e. The highest BCUT2D eigenvalue weighted by Crippen LogP contribution is 2.33. The number of hydrogen-bond acceptors (Lipinski definition) is 4. The zero-order valence-electron chi connectivity index (χ0n) is 8.77. The fourth-order valence-corrected chi connectivity index (χ4v) is 2.18. The number of hydrogen-bond donors (Lipinski definition) is 0. The maximum absolute atomic E-state index is 11.3. The van der Waals surface area contributed by atoms with Crippen molar-refractivity contribution in [3.8, 4) is 0 Å². The van der Waals surface area contributed by atoms with E-state index < -0.39 is 5.79 Å². The Balaban J connectivity index is 2.12. The van der Waals surface area contributed by atoms with Gasteiger partial charge in [-0.05, 0) is 13.3 Å². The Kier molecular flexibility index (Phi) is 2.75. The molecule has 1 spiro atoms. The minimum absolute atomic E-state index is 0.0169. The molecule has 0 radical (unpaired) electrons. The van der Waals surface area contributed by atoms with Crippen molar-refractivity contribution in [1.29, 1.82) is 0 Å². The first kappa shape index (κ1) is 10.6. The standard InChI is InChI=1S/C10H15NO4/c1-8(13)9-5-10(6-11(9)7-12)14-3-2-4-15-10/h7,9H,2-6H2,1H3/t9-/m0/s1. The van der Waals surface area contributed by atoms with Crippen LogP contribution in [-0.2, 0) is 19.1 Å². The van der Waals surface area contributed by atoms with E-state index in [0.29, 0.717) is 32.6 Å². The summed E-state index contributed by atoms with van der Waals surface area (Å²) in [5, 5.41) is 0. The molecule has 2 saturated heterocycles. The molecule has 1 atom stereocenters. The van der Waals surface area contributed by atoms with Gasteiger partial charge >= 0.3 is 0 Å². The summed E-state index contributed by atoms with van der Waals surface area (Å²) in [5.74, 6) is -0.744. The SMILES string of the molecule is CC(=O)[C@@H]1CC2(CN1C=O)OCCCO2. The van der Waals surface area contributed by atoms with Crippen molar-refractivity contribution < 1.29 is 19.1 Å². The molecule has 2 fully saturated rings. The predicted octanol–water partition coefficient (Wildman–Crippen LogP) is -0.0607. The maximum Gasteiger partial charge on any atom is 0.210 e. The van der Waals surface area contributed by atoms with E-state index in [9.17, 15) is 9.59 Å². The molecule has 5 nitrogen and oxygen atoms in total. The molecule has 0 bridgehead atoms. The Morgan fingerprint density at radius 1 is 1.47 bits per heavy atom. The van der Waals surface area contributed by atoms with E-state index >= 15 is 0 Å². The predicted molar refractivity (Wildman–Crippen MR) is 51.1 cm³/mol. The maximum atomic E-state index is 11.3. The van der Waals surface area contributed by atoms with Crippen LogP contribution >= 0.6 is 0 Å². The van der Waals surface area contributed by atoms with Gasteiger partial charge in [-0.25, -0.2) is 0 Å². The summed E-state index contributed by atoms with van der Waals surface area (Å²) in [4.78, 5) is 23.6. The first-order valence-electron chi connectivity index (χ1n) is 5.16. The summed E-state index contributed by atoms with van der Waals surface area (Å²) in [6.45, 7) is 3.12. The Morgan fingerprint density at radius 2 is 2.13 bits per heavy atom. The normalized spacial score (nSPS) is 29.4. The molecule has 0 aromatic carbocycles. The van der Waals surface area contributed by atoms with Crippen molar-refractivity contribution in [2.24, 2.45) is 0 Å². The lowest BCUT2D eigenvalue weighted by molar-refractivity contribution is -0.257. The summed E-state index contributed by atoms with van der Waals surface area (Å²) in [5.41, 5.74) is 0. The smallest absolute Gasteiger partial charge is 0.210 e. The van der Waals surface area contributed by atoms with Crippen molar-refractivity contribution in [3.05, 3.63) is 0 Å². The van der Waals surface area contributed by atoms with Crippen molar-refractivity contribution in [3.63, 3.8) is 0 Å². The largest absolute Gasteiger partial charge is 0.348 e. The van der Waals surface area contributed by atoms with Crippen LogP contribution in [0.15, 0.2) is 0 Å². The molecule has 5 heteroatoms. The van der Waals surface area contributed by atoms with Gasteiger partial charge in [-0.2, -0.15) is 0 Å². The summed E-state index contributed by atoms with van der Waals surface area (Å²) in [6.07, 6.45) is 2.02. The Hall–Kier alpha value is -0.940. The Labute approximate surface area is 88.3 Å². The molecule has 0 saturated carbocycles. The van der Waals surface area contributed by atoms with Crippen molar-refractivity contribution >= 4 is 12.2 Å². The topological polar surface area (TPSA) is 55.8 Å². The van der Waals surface area contributed by atoms with Gasteiger partial charge in [0.25, 0.3) is 0 Å². The van der Waals surface area contributed by atoms with Gasteiger partial charge in [0.05, 0.1) is 25.8 Å². The van der Waals surface area contributed by atoms with Gasteiger partial charge in [0.2, 0.25) is 6.41 Å². The zero-order chi connectivity index (χ0) is 10.9. The van der Waals surface area contributed by atoms with Gasteiger partial charge in [0, 0.05) is 6.42 Å². The van der Waals surface area contributed by atoms with E-state index in [1.807, 2.05) is 0 Å². The van der Waals surface area contributed by atoms with Crippen LogP contribution in [-0.4, -0.2) is 48.7 Å². The van der Waals surface area contributed by atoms with E-state index in [-0.39, 0.29) is 11.8 Å². The molecular weight excluding hydrogens is 198 g/mol. The van der Waals surface area contributed by atoms with E-state index in [4.69, 9.17) is 9.47 Å². The molecule has 0 unspecified atom stereocenters. The van der Waals surface area contributed by atoms with Crippen LogP contribution in [0.3, 0.4) is 0 Å². The molecule has 2 rings (SSSR count). The Morgan fingerprint density at radius 3 is 2.60 bits per heavy atom. The van der Waals surface area contributed by atoms with Crippen LogP contribution in [0.2, 0.25) is 0 Å². The molecule has 0 aromatic heterocycles. The first-order chi connectivity index (χ1) is 7.17. The molecule has 0 aromatic rings. The third kappa shape index (κ3) is 1.89.